The molecule has 1 fully saturated rings. The second-order valence-electron chi connectivity index (χ2n) is 5.37. The molecule has 1 aromatic carbocycles. The first-order valence-corrected chi connectivity index (χ1v) is 6.88. The highest BCUT2D eigenvalue weighted by Gasteiger charge is 2.20. The molecule has 2 rings (SSSR count). The van der Waals surface area contributed by atoms with E-state index in [1.165, 1.54) is 11.1 Å². The zero-order valence-corrected chi connectivity index (χ0v) is 13.2. The highest BCUT2D eigenvalue weighted by Crippen LogP contribution is 2.14. The number of nitrogens with one attached hydrogen (secondary N) is 2. The summed E-state index contributed by atoms with van der Waals surface area (Å²) < 4.78 is 0. The molecule has 5 heteroatoms. The average Bonchev–Trinajstić information content (AvgIpc) is 2.37. The number of carbonyl (C=O) groups excluding carboxylic acids is 1. The van der Waals surface area contributed by atoms with Crippen molar-refractivity contribution in [1.29, 1.82) is 0 Å². The molecule has 112 valence electrons. The van der Waals surface area contributed by atoms with Crippen LogP contribution in [0.2, 0.25) is 0 Å². The predicted molar refractivity (Wildman–Crippen MR) is 85.7 cm³/mol. The Bertz CT molecular complexity index is 464. The quantitative estimate of drug-likeness (QED) is 0.896. The van der Waals surface area contributed by atoms with Gasteiger partial charge in [-0.2, -0.15) is 0 Å². The third-order valence-electron chi connectivity index (χ3n) is 3.78. The maximum absolute atomic E-state index is 12.0. The Morgan fingerprint density at radius 1 is 1.40 bits per heavy atom. The van der Waals surface area contributed by atoms with Crippen LogP contribution in [0.3, 0.4) is 0 Å². The molecule has 0 aliphatic carbocycles. The lowest BCUT2D eigenvalue weighted by molar-refractivity contribution is -0.118. The fourth-order valence-electron chi connectivity index (χ4n) is 2.32. The second kappa shape index (κ2) is 7.62. The van der Waals surface area contributed by atoms with Gasteiger partial charge in [-0.25, -0.2) is 0 Å². The summed E-state index contributed by atoms with van der Waals surface area (Å²) in [4.78, 5) is 14.3. The van der Waals surface area contributed by atoms with Gasteiger partial charge in [0, 0.05) is 31.4 Å². The van der Waals surface area contributed by atoms with Crippen LogP contribution in [0, 0.1) is 13.8 Å². The molecule has 1 aliphatic heterocycles. The third-order valence-corrected chi connectivity index (χ3v) is 3.78. The molecule has 1 aromatic rings. The van der Waals surface area contributed by atoms with Crippen LogP contribution >= 0.6 is 12.4 Å². The maximum atomic E-state index is 12.0. The van der Waals surface area contributed by atoms with Crippen LogP contribution in [0.25, 0.3) is 0 Å². The molecule has 0 saturated carbocycles. The molecule has 1 amide bonds. The molecule has 20 heavy (non-hydrogen) atoms. The van der Waals surface area contributed by atoms with Crippen LogP contribution in [0.15, 0.2) is 18.2 Å². The van der Waals surface area contributed by atoms with Crippen molar-refractivity contribution >= 4 is 24.0 Å². The lowest BCUT2D eigenvalue weighted by atomic mass is 10.1. The Kier molecular flexibility index (Phi) is 6.46. The topological polar surface area (TPSA) is 44.4 Å². The van der Waals surface area contributed by atoms with E-state index in [4.69, 9.17) is 0 Å². The smallest absolute Gasteiger partial charge is 0.238 e. The van der Waals surface area contributed by atoms with Gasteiger partial charge in [0.1, 0.15) is 0 Å². The highest BCUT2D eigenvalue weighted by atomic mass is 35.5. The Labute approximate surface area is 127 Å². The number of benzene rings is 1. The Morgan fingerprint density at radius 2 is 2.15 bits per heavy atom. The number of carbonyl (C=O) groups is 1. The van der Waals surface area contributed by atoms with Crippen LogP contribution in [-0.2, 0) is 4.79 Å². The number of aryl methyl sites for hydroxylation is 2. The molecule has 0 unspecified atom stereocenters. The lowest BCUT2D eigenvalue weighted by Gasteiger charge is -2.33. The van der Waals surface area contributed by atoms with Crippen molar-refractivity contribution in [3.63, 3.8) is 0 Å². The van der Waals surface area contributed by atoms with Crippen LogP contribution in [-0.4, -0.2) is 43.0 Å². The zero-order chi connectivity index (χ0) is 13.8. The fraction of sp³-hybridized carbons (Fsp3) is 0.533. The van der Waals surface area contributed by atoms with E-state index < -0.39 is 0 Å². The number of anilines is 1. The molecule has 0 radical (unpaired) electrons. The first-order valence-electron chi connectivity index (χ1n) is 6.88. The van der Waals surface area contributed by atoms with E-state index in [2.05, 4.69) is 36.3 Å². The first kappa shape index (κ1) is 17.0. The minimum absolute atomic E-state index is 0. The first-order chi connectivity index (χ1) is 9.06. The molecular weight excluding hydrogens is 274 g/mol. The van der Waals surface area contributed by atoms with Gasteiger partial charge in [-0.05, 0) is 44.0 Å². The monoisotopic (exact) mass is 297 g/mol. The molecule has 0 spiro atoms. The van der Waals surface area contributed by atoms with Crippen molar-refractivity contribution in [3.8, 4) is 0 Å². The number of rotatable bonds is 3. The van der Waals surface area contributed by atoms with Gasteiger partial charge in [0.15, 0.2) is 0 Å². The Morgan fingerprint density at radius 3 is 2.80 bits per heavy atom. The van der Waals surface area contributed by atoms with Gasteiger partial charge in [-0.15, -0.1) is 12.4 Å². The number of amides is 1. The van der Waals surface area contributed by atoms with Gasteiger partial charge in [0.2, 0.25) is 5.91 Å². The van der Waals surface area contributed by atoms with Gasteiger partial charge in [-0.3, -0.25) is 9.69 Å². The van der Waals surface area contributed by atoms with Gasteiger partial charge in [-0.1, -0.05) is 6.07 Å². The van der Waals surface area contributed by atoms with E-state index >= 15 is 0 Å². The number of piperazine rings is 1. The van der Waals surface area contributed by atoms with E-state index in [0.29, 0.717) is 12.6 Å². The lowest BCUT2D eigenvalue weighted by Crippen LogP contribution is -2.51. The summed E-state index contributed by atoms with van der Waals surface area (Å²) in [5.74, 6) is 0.0667. The Hall–Kier alpha value is -1.10. The van der Waals surface area contributed by atoms with Crippen molar-refractivity contribution in [3.05, 3.63) is 29.3 Å². The fourth-order valence-corrected chi connectivity index (χ4v) is 2.32. The van der Waals surface area contributed by atoms with Crippen molar-refractivity contribution in [2.24, 2.45) is 0 Å². The molecule has 0 aromatic heterocycles. The van der Waals surface area contributed by atoms with Crippen molar-refractivity contribution in [2.45, 2.75) is 26.8 Å². The van der Waals surface area contributed by atoms with Crippen molar-refractivity contribution in [1.82, 2.24) is 10.2 Å². The van der Waals surface area contributed by atoms with Gasteiger partial charge >= 0.3 is 0 Å². The minimum atomic E-state index is 0. The molecule has 2 N–H and O–H groups in total. The third kappa shape index (κ3) is 4.47. The molecular formula is C15H24ClN3O. The predicted octanol–water partition coefficient (Wildman–Crippen LogP) is 1.96. The molecule has 1 atom stereocenters. The number of halogens is 1. The number of hydrogen-bond acceptors (Lipinski definition) is 3. The number of nitrogens with zero attached hydrogens (tertiary/aromatic N) is 1. The van der Waals surface area contributed by atoms with Gasteiger partial charge in [0.05, 0.1) is 6.54 Å². The largest absolute Gasteiger partial charge is 0.325 e. The second-order valence-corrected chi connectivity index (χ2v) is 5.37. The number of hydrogen-bond donors (Lipinski definition) is 2. The summed E-state index contributed by atoms with van der Waals surface area (Å²) >= 11 is 0. The molecule has 0 bridgehead atoms. The summed E-state index contributed by atoms with van der Waals surface area (Å²) in [7, 11) is 0. The normalized spacial score (nSPS) is 19.2. The van der Waals surface area contributed by atoms with Crippen LogP contribution in [0.1, 0.15) is 18.1 Å². The zero-order valence-electron chi connectivity index (χ0n) is 12.4. The molecule has 1 saturated heterocycles. The summed E-state index contributed by atoms with van der Waals surface area (Å²) in [5.41, 5.74) is 3.33. The van der Waals surface area contributed by atoms with Gasteiger partial charge < -0.3 is 10.6 Å². The van der Waals surface area contributed by atoms with Gasteiger partial charge in [0.25, 0.3) is 0 Å². The summed E-state index contributed by atoms with van der Waals surface area (Å²) in [6.07, 6.45) is 0. The van der Waals surface area contributed by atoms with E-state index in [1.807, 2.05) is 18.2 Å². The highest BCUT2D eigenvalue weighted by molar-refractivity contribution is 5.92. The summed E-state index contributed by atoms with van der Waals surface area (Å²) in [6, 6.07) is 6.44. The molecule has 1 aliphatic rings. The van der Waals surface area contributed by atoms with Crippen LogP contribution in [0.5, 0.6) is 0 Å². The van der Waals surface area contributed by atoms with E-state index in [-0.39, 0.29) is 18.3 Å². The maximum Gasteiger partial charge on any atom is 0.238 e. The van der Waals surface area contributed by atoms with Crippen LogP contribution in [0.4, 0.5) is 5.69 Å². The SMILES string of the molecule is Cc1ccc(NC(=O)CN2CCNC[C@H]2C)cc1C.Cl. The standard InChI is InChI=1S/C15H23N3O.ClH/c1-11-4-5-14(8-12(11)2)17-15(19)10-18-7-6-16-9-13(18)3;/h4-5,8,13,16H,6-7,9-10H2,1-3H3,(H,17,19);1H/t13-;/m1./s1. The minimum Gasteiger partial charge on any atom is -0.325 e. The van der Waals surface area contributed by atoms with E-state index in [0.717, 1.165) is 25.3 Å². The summed E-state index contributed by atoms with van der Waals surface area (Å²) in [5, 5.41) is 6.30. The molecule has 1 heterocycles. The summed E-state index contributed by atoms with van der Waals surface area (Å²) in [6.45, 7) is 9.59. The van der Waals surface area contributed by atoms with Crippen molar-refractivity contribution in [2.75, 3.05) is 31.5 Å². The molecule has 4 nitrogen and oxygen atoms in total. The Balaban J connectivity index is 0.00000200. The van der Waals surface area contributed by atoms with E-state index in [9.17, 15) is 4.79 Å². The van der Waals surface area contributed by atoms with Crippen LogP contribution < -0.4 is 10.6 Å². The van der Waals surface area contributed by atoms with E-state index in [1.54, 1.807) is 0 Å². The van der Waals surface area contributed by atoms with Crippen molar-refractivity contribution < 1.29 is 4.79 Å². The average molecular weight is 298 g/mol.